The Morgan fingerprint density at radius 2 is 2.00 bits per heavy atom. The van der Waals surface area contributed by atoms with Crippen LogP contribution < -0.4 is 4.74 Å². The van der Waals surface area contributed by atoms with E-state index in [1.54, 1.807) is 0 Å². The molecule has 2 N–H and O–H groups in total. The summed E-state index contributed by atoms with van der Waals surface area (Å²) in [5.41, 5.74) is 0.00495. The van der Waals surface area contributed by atoms with Gasteiger partial charge in [0.15, 0.2) is 17.2 Å². The van der Waals surface area contributed by atoms with E-state index in [0.717, 1.165) is 16.9 Å². The van der Waals surface area contributed by atoms with E-state index in [9.17, 15) is 14.7 Å². The highest BCUT2D eigenvalue weighted by Crippen LogP contribution is 2.48. The highest BCUT2D eigenvalue weighted by Gasteiger charge is 2.44. The van der Waals surface area contributed by atoms with Gasteiger partial charge in [0.1, 0.15) is 17.4 Å². The fourth-order valence-electron chi connectivity index (χ4n) is 2.73. The molecule has 2 heterocycles. The molecule has 138 valence electrons. The van der Waals surface area contributed by atoms with Crippen molar-refractivity contribution in [3.63, 3.8) is 0 Å². The molecule has 1 aliphatic heterocycles. The lowest BCUT2D eigenvalue weighted by Crippen LogP contribution is -2.30. The van der Waals surface area contributed by atoms with Crippen LogP contribution in [0.15, 0.2) is 30.3 Å². The second-order valence-electron chi connectivity index (χ2n) is 5.66. The van der Waals surface area contributed by atoms with Gasteiger partial charge in [0.2, 0.25) is 0 Å². The molecule has 26 heavy (non-hydrogen) atoms. The summed E-state index contributed by atoms with van der Waals surface area (Å²) in [6.07, 6.45) is 0.422. The minimum absolute atomic E-state index is 0.0371. The molecule has 7 nitrogen and oxygen atoms in total. The third-order valence-electron chi connectivity index (χ3n) is 3.84. The molecule has 1 aromatic heterocycles. The highest BCUT2D eigenvalue weighted by atomic mass is 35.5. The predicted octanol–water partition coefficient (Wildman–Crippen LogP) is 3.01. The van der Waals surface area contributed by atoms with Crippen LogP contribution in [0.2, 0.25) is 5.02 Å². The molecule has 0 spiro atoms. The van der Waals surface area contributed by atoms with Gasteiger partial charge in [-0.2, -0.15) is 0 Å². The van der Waals surface area contributed by atoms with Gasteiger partial charge in [-0.25, -0.2) is 9.59 Å². The minimum Gasteiger partial charge on any atom is -0.479 e. The van der Waals surface area contributed by atoms with Crippen molar-refractivity contribution in [2.45, 2.75) is 12.0 Å². The number of halogens is 1. The lowest BCUT2D eigenvalue weighted by atomic mass is 9.93. The summed E-state index contributed by atoms with van der Waals surface area (Å²) in [5.74, 6) is -2.65. The first-order chi connectivity index (χ1) is 12.4. The molecule has 0 bridgehead atoms. The second kappa shape index (κ2) is 7.63. The first-order valence-corrected chi connectivity index (χ1v) is 8.78. The van der Waals surface area contributed by atoms with Crippen LogP contribution in [-0.2, 0) is 26.3 Å². The van der Waals surface area contributed by atoms with Crippen LogP contribution in [0.25, 0.3) is 0 Å². The van der Waals surface area contributed by atoms with Crippen molar-refractivity contribution in [2.24, 2.45) is 0 Å². The molecule has 1 unspecified atom stereocenters. The lowest BCUT2D eigenvalue weighted by Gasteiger charge is -2.26. The molecule has 1 saturated heterocycles. The van der Waals surface area contributed by atoms with Crippen molar-refractivity contribution in [1.29, 1.82) is 0 Å². The van der Waals surface area contributed by atoms with Crippen LogP contribution in [0.3, 0.4) is 0 Å². The van der Waals surface area contributed by atoms with E-state index in [-0.39, 0.29) is 29.0 Å². The van der Waals surface area contributed by atoms with Crippen molar-refractivity contribution < 1.29 is 34.0 Å². The number of hydrogen-bond acceptors (Lipinski definition) is 6. The molecule has 0 amide bonds. The summed E-state index contributed by atoms with van der Waals surface area (Å²) in [5, 5.41) is 18.3. The summed E-state index contributed by atoms with van der Waals surface area (Å²) < 4.78 is 16.3. The maximum absolute atomic E-state index is 11.6. The standard InChI is InChI=1S/C17H15ClO7S/c18-12-13(24-7-11(19)20)14(16(21)22)26-15(12)17(8-23-9-25-17)6-10-4-2-1-3-5-10/h1-5H,6-9H2,(H,19,20)(H,21,22). The van der Waals surface area contributed by atoms with Crippen LogP contribution in [0.5, 0.6) is 5.75 Å². The average molecular weight is 399 g/mol. The van der Waals surface area contributed by atoms with Crippen LogP contribution >= 0.6 is 22.9 Å². The van der Waals surface area contributed by atoms with Crippen LogP contribution in [0.1, 0.15) is 20.1 Å². The Morgan fingerprint density at radius 1 is 1.27 bits per heavy atom. The van der Waals surface area contributed by atoms with Gasteiger partial charge in [0.05, 0.1) is 11.5 Å². The normalized spacial score (nSPS) is 19.4. The molecule has 0 aliphatic carbocycles. The van der Waals surface area contributed by atoms with Gasteiger partial charge in [-0.15, -0.1) is 11.3 Å². The fraction of sp³-hybridized carbons (Fsp3) is 0.294. The van der Waals surface area contributed by atoms with Gasteiger partial charge in [0.25, 0.3) is 0 Å². The number of hydrogen-bond donors (Lipinski definition) is 2. The van der Waals surface area contributed by atoms with Gasteiger partial charge < -0.3 is 24.4 Å². The van der Waals surface area contributed by atoms with E-state index in [1.165, 1.54) is 0 Å². The predicted molar refractivity (Wildman–Crippen MR) is 93.1 cm³/mol. The largest absolute Gasteiger partial charge is 0.479 e. The Hall–Kier alpha value is -2.13. The van der Waals surface area contributed by atoms with Crippen molar-refractivity contribution in [3.8, 4) is 5.75 Å². The molecule has 0 saturated carbocycles. The number of carboxylic acids is 2. The Morgan fingerprint density at radius 3 is 2.58 bits per heavy atom. The van der Waals surface area contributed by atoms with Crippen molar-refractivity contribution in [1.82, 2.24) is 0 Å². The highest BCUT2D eigenvalue weighted by molar-refractivity contribution is 7.15. The Kier molecular flexibility index (Phi) is 5.47. The Bertz CT molecular complexity index is 812. The fourth-order valence-corrected chi connectivity index (χ4v) is 4.33. The molecule has 1 fully saturated rings. The summed E-state index contributed by atoms with van der Waals surface area (Å²) in [4.78, 5) is 22.6. The molecule has 1 aromatic carbocycles. The first-order valence-electron chi connectivity index (χ1n) is 7.59. The molecule has 1 atom stereocenters. The van der Waals surface area contributed by atoms with E-state index in [4.69, 9.17) is 30.9 Å². The number of carbonyl (C=O) groups is 2. The zero-order chi connectivity index (χ0) is 18.7. The molecule has 9 heteroatoms. The minimum atomic E-state index is -1.25. The monoisotopic (exact) mass is 398 g/mol. The molecule has 0 radical (unpaired) electrons. The summed E-state index contributed by atoms with van der Waals surface area (Å²) in [6.45, 7) is -0.451. The number of carboxylic acid groups (broad SMARTS) is 2. The van der Waals surface area contributed by atoms with Gasteiger partial charge >= 0.3 is 11.9 Å². The van der Waals surface area contributed by atoms with Gasteiger partial charge in [-0.1, -0.05) is 41.9 Å². The number of ether oxygens (including phenoxy) is 3. The molecule has 1 aliphatic rings. The van der Waals surface area contributed by atoms with E-state index in [2.05, 4.69) is 0 Å². The maximum atomic E-state index is 11.6. The maximum Gasteiger partial charge on any atom is 0.349 e. The molecule has 2 aromatic rings. The summed E-state index contributed by atoms with van der Waals surface area (Å²) in [6, 6.07) is 9.51. The Balaban J connectivity index is 2.03. The zero-order valence-electron chi connectivity index (χ0n) is 13.4. The van der Waals surface area contributed by atoms with Crippen LogP contribution in [0.4, 0.5) is 0 Å². The number of aliphatic carboxylic acids is 1. The molecular weight excluding hydrogens is 384 g/mol. The van der Waals surface area contributed by atoms with E-state index < -0.39 is 24.1 Å². The third kappa shape index (κ3) is 3.68. The lowest BCUT2D eigenvalue weighted by molar-refractivity contribution is -0.139. The van der Waals surface area contributed by atoms with Crippen LogP contribution in [0, 0.1) is 0 Å². The second-order valence-corrected chi connectivity index (χ2v) is 7.06. The summed E-state index contributed by atoms with van der Waals surface area (Å²) in [7, 11) is 0. The molecule has 3 rings (SSSR count). The third-order valence-corrected chi connectivity index (χ3v) is 5.66. The van der Waals surface area contributed by atoms with E-state index in [0.29, 0.717) is 11.3 Å². The zero-order valence-corrected chi connectivity index (χ0v) is 15.0. The number of thiophene rings is 1. The number of rotatable bonds is 7. The Labute approximate surface area is 157 Å². The van der Waals surface area contributed by atoms with Crippen LogP contribution in [-0.4, -0.2) is 42.2 Å². The molecular formula is C17H15ClO7S. The van der Waals surface area contributed by atoms with Crippen molar-refractivity contribution in [2.75, 3.05) is 20.0 Å². The topological polar surface area (TPSA) is 102 Å². The van der Waals surface area contributed by atoms with Crippen molar-refractivity contribution >= 4 is 34.9 Å². The first kappa shape index (κ1) is 18.7. The van der Waals surface area contributed by atoms with Gasteiger partial charge in [-0.05, 0) is 5.56 Å². The van der Waals surface area contributed by atoms with Gasteiger partial charge in [0, 0.05) is 6.42 Å². The summed E-state index contributed by atoms with van der Waals surface area (Å²) >= 11 is 7.29. The number of benzene rings is 1. The average Bonchev–Trinajstić information content (AvgIpc) is 3.19. The SMILES string of the molecule is O=C(O)COc1c(C(=O)O)sc(C2(Cc3ccccc3)COCO2)c1Cl. The smallest absolute Gasteiger partial charge is 0.349 e. The number of aromatic carboxylic acids is 1. The van der Waals surface area contributed by atoms with Crippen molar-refractivity contribution in [3.05, 3.63) is 50.7 Å². The van der Waals surface area contributed by atoms with E-state index >= 15 is 0 Å². The van der Waals surface area contributed by atoms with Gasteiger partial charge in [-0.3, -0.25) is 0 Å². The quantitative estimate of drug-likeness (QED) is 0.739. The van der Waals surface area contributed by atoms with E-state index in [1.807, 2.05) is 30.3 Å².